The monoisotopic (exact) mass is 428 g/mol. The first-order chi connectivity index (χ1) is 14.6. The summed E-state index contributed by atoms with van der Waals surface area (Å²) in [5.41, 5.74) is 3.68. The fourth-order valence-electron chi connectivity index (χ4n) is 8.93. The predicted molar refractivity (Wildman–Crippen MR) is 130 cm³/mol. The Balaban J connectivity index is 1.52. The minimum Gasteiger partial charge on any atom is -0.393 e. The molecule has 3 fully saturated rings. The average molecular weight is 429 g/mol. The summed E-state index contributed by atoms with van der Waals surface area (Å²) < 4.78 is 0. The lowest BCUT2D eigenvalue weighted by Crippen LogP contribution is -2.51. The number of aliphatic hydroxyl groups excluding tert-OH is 2. The van der Waals surface area contributed by atoms with Crippen LogP contribution < -0.4 is 0 Å². The first kappa shape index (κ1) is 23.6. The quantitative estimate of drug-likeness (QED) is 0.467. The van der Waals surface area contributed by atoms with Crippen molar-refractivity contribution in [1.82, 2.24) is 0 Å². The van der Waals surface area contributed by atoms with Gasteiger partial charge in [0.1, 0.15) is 0 Å². The highest BCUT2D eigenvalue weighted by Crippen LogP contribution is 2.67. The molecule has 2 nitrogen and oxygen atoms in total. The molecule has 0 aromatic rings. The molecule has 4 aliphatic carbocycles. The molecule has 2 N–H and O–H groups in total. The maximum absolute atomic E-state index is 11.2. The zero-order valence-corrected chi connectivity index (χ0v) is 21.0. The van der Waals surface area contributed by atoms with Crippen molar-refractivity contribution in [3.8, 4) is 0 Å². The molecular formula is C29H48O2. The van der Waals surface area contributed by atoms with Crippen molar-refractivity contribution < 1.29 is 10.2 Å². The molecule has 4 rings (SSSR count). The van der Waals surface area contributed by atoms with E-state index in [2.05, 4.69) is 53.7 Å². The van der Waals surface area contributed by atoms with Gasteiger partial charge in [-0.1, -0.05) is 57.9 Å². The normalized spacial score (nSPS) is 44.9. The van der Waals surface area contributed by atoms with Gasteiger partial charge in [0.25, 0.3) is 0 Å². The third kappa shape index (κ3) is 3.88. The fourth-order valence-corrected chi connectivity index (χ4v) is 8.93. The van der Waals surface area contributed by atoms with E-state index in [9.17, 15) is 10.2 Å². The molecule has 2 heteroatoms. The molecule has 0 aromatic heterocycles. The zero-order valence-electron chi connectivity index (χ0n) is 21.0. The van der Waals surface area contributed by atoms with Crippen LogP contribution in [0.25, 0.3) is 0 Å². The molecule has 0 spiro atoms. The summed E-state index contributed by atoms with van der Waals surface area (Å²) in [6.45, 7) is 14.1. The van der Waals surface area contributed by atoms with E-state index in [-0.39, 0.29) is 12.2 Å². The second-order valence-corrected chi connectivity index (χ2v) is 12.5. The largest absolute Gasteiger partial charge is 0.393 e. The van der Waals surface area contributed by atoms with Crippen LogP contribution in [-0.2, 0) is 0 Å². The fraction of sp³-hybridized carbons (Fsp3) is 0.862. The lowest BCUT2D eigenvalue weighted by molar-refractivity contribution is -0.0672. The van der Waals surface area contributed by atoms with Crippen molar-refractivity contribution >= 4 is 0 Å². The Hall–Kier alpha value is -0.600. The summed E-state index contributed by atoms with van der Waals surface area (Å²) in [6, 6.07) is 0. The highest BCUT2D eigenvalue weighted by Gasteiger charge is 2.59. The van der Waals surface area contributed by atoms with Gasteiger partial charge in [-0.2, -0.15) is 0 Å². The van der Waals surface area contributed by atoms with Gasteiger partial charge in [-0.25, -0.2) is 0 Å². The van der Waals surface area contributed by atoms with Gasteiger partial charge in [0, 0.05) is 0 Å². The Morgan fingerprint density at radius 3 is 2.52 bits per heavy atom. The highest BCUT2D eigenvalue weighted by molar-refractivity contribution is 5.25. The number of allylic oxidation sites excluding steroid dienone is 2. The number of hydrogen-bond donors (Lipinski definition) is 2. The number of aliphatic hydroxyl groups is 2. The smallest absolute Gasteiger partial charge is 0.0605 e. The first-order valence-electron chi connectivity index (χ1n) is 13.3. The summed E-state index contributed by atoms with van der Waals surface area (Å²) in [5, 5.41) is 21.5. The Morgan fingerprint density at radius 1 is 1.10 bits per heavy atom. The van der Waals surface area contributed by atoms with Gasteiger partial charge in [-0.05, 0) is 111 Å². The molecule has 0 saturated heterocycles. The molecule has 9 unspecified atom stereocenters. The SMILES string of the molecule is C/C=C(/CC(O)C(C)C1CCC2C3CC=C4CC(O)CCC4(C)C3CCC12C)C(C)C. The summed E-state index contributed by atoms with van der Waals surface area (Å²) in [6.07, 6.45) is 14.9. The van der Waals surface area contributed by atoms with Gasteiger partial charge in [-0.3, -0.25) is 0 Å². The highest BCUT2D eigenvalue weighted by atomic mass is 16.3. The van der Waals surface area contributed by atoms with Gasteiger partial charge < -0.3 is 10.2 Å². The van der Waals surface area contributed by atoms with Crippen LogP contribution in [0.15, 0.2) is 23.3 Å². The van der Waals surface area contributed by atoms with E-state index in [0.717, 1.165) is 37.0 Å². The second-order valence-electron chi connectivity index (χ2n) is 12.5. The van der Waals surface area contributed by atoms with Gasteiger partial charge in [-0.15, -0.1) is 0 Å². The van der Waals surface area contributed by atoms with E-state index < -0.39 is 0 Å². The molecule has 4 aliphatic rings. The molecular weight excluding hydrogens is 380 g/mol. The van der Waals surface area contributed by atoms with Crippen molar-refractivity contribution in [3.63, 3.8) is 0 Å². The molecule has 0 aromatic carbocycles. The standard InChI is InChI=1S/C29H48O2/c1-7-20(18(2)3)16-27(31)19(4)24-10-11-25-23-9-8-21-17-22(30)12-14-28(21,5)26(23)13-15-29(24,25)6/h7-8,18-19,22-27,30-31H,9-17H2,1-6H3/b20-7-. The molecule has 0 amide bonds. The van der Waals surface area contributed by atoms with E-state index in [1.165, 1.54) is 44.1 Å². The maximum Gasteiger partial charge on any atom is 0.0605 e. The van der Waals surface area contributed by atoms with Crippen LogP contribution in [0.1, 0.15) is 99.3 Å². The molecule has 31 heavy (non-hydrogen) atoms. The Morgan fingerprint density at radius 2 is 1.84 bits per heavy atom. The Kier molecular flexibility index (Phi) is 6.56. The molecule has 0 aliphatic heterocycles. The minimum atomic E-state index is -0.220. The first-order valence-corrected chi connectivity index (χ1v) is 13.3. The van der Waals surface area contributed by atoms with E-state index >= 15 is 0 Å². The molecule has 176 valence electrons. The average Bonchev–Trinajstić information content (AvgIpc) is 3.08. The van der Waals surface area contributed by atoms with Crippen LogP contribution in [0.3, 0.4) is 0 Å². The second kappa shape index (κ2) is 8.64. The van der Waals surface area contributed by atoms with Gasteiger partial charge >= 0.3 is 0 Å². The van der Waals surface area contributed by atoms with Crippen LogP contribution in [0.2, 0.25) is 0 Å². The Bertz CT molecular complexity index is 720. The molecule has 0 radical (unpaired) electrons. The summed E-state index contributed by atoms with van der Waals surface area (Å²) >= 11 is 0. The van der Waals surface area contributed by atoms with Crippen molar-refractivity contribution in [2.45, 2.75) is 112 Å². The van der Waals surface area contributed by atoms with Crippen LogP contribution >= 0.6 is 0 Å². The van der Waals surface area contributed by atoms with Crippen molar-refractivity contribution in [1.29, 1.82) is 0 Å². The topological polar surface area (TPSA) is 40.5 Å². The van der Waals surface area contributed by atoms with Crippen LogP contribution in [0, 0.1) is 46.3 Å². The summed E-state index contributed by atoms with van der Waals surface area (Å²) in [7, 11) is 0. The van der Waals surface area contributed by atoms with Gasteiger partial charge in [0.15, 0.2) is 0 Å². The summed E-state index contributed by atoms with van der Waals surface area (Å²) in [5.74, 6) is 3.94. The van der Waals surface area contributed by atoms with Crippen LogP contribution in [0.4, 0.5) is 0 Å². The molecule has 0 heterocycles. The summed E-state index contributed by atoms with van der Waals surface area (Å²) in [4.78, 5) is 0. The predicted octanol–water partition coefficient (Wildman–Crippen LogP) is 6.92. The third-order valence-electron chi connectivity index (χ3n) is 11.0. The zero-order chi connectivity index (χ0) is 22.6. The lowest BCUT2D eigenvalue weighted by atomic mass is 9.47. The lowest BCUT2D eigenvalue weighted by Gasteiger charge is -2.58. The molecule has 0 bridgehead atoms. The maximum atomic E-state index is 11.2. The molecule has 9 atom stereocenters. The van der Waals surface area contributed by atoms with Gasteiger partial charge in [0.2, 0.25) is 0 Å². The minimum absolute atomic E-state index is 0.115. The van der Waals surface area contributed by atoms with Crippen molar-refractivity contribution in [2.24, 2.45) is 46.3 Å². The van der Waals surface area contributed by atoms with Crippen molar-refractivity contribution in [3.05, 3.63) is 23.3 Å². The number of rotatable bonds is 5. The van der Waals surface area contributed by atoms with E-state index in [1.54, 1.807) is 5.57 Å². The third-order valence-corrected chi connectivity index (χ3v) is 11.0. The van der Waals surface area contributed by atoms with Crippen LogP contribution in [0.5, 0.6) is 0 Å². The van der Waals surface area contributed by atoms with E-state index in [0.29, 0.717) is 28.6 Å². The van der Waals surface area contributed by atoms with E-state index in [1.807, 2.05) is 0 Å². The van der Waals surface area contributed by atoms with Crippen molar-refractivity contribution in [2.75, 3.05) is 0 Å². The number of fused-ring (bicyclic) bond motifs is 5. The van der Waals surface area contributed by atoms with E-state index in [4.69, 9.17) is 0 Å². The number of hydrogen-bond acceptors (Lipinski definition) is 2. The van der Waals surface area contributed by atoms with Gasteiger partial charge in [0.05, 0.1) is 12.2 Å². The molecule has 3 saturated carbocycles. The van der Waals surface area contributed by atoms with Crippen LogP contribution in [-0.4, -0.2) is 22.4 Å². The Labute approximate surface area is 191 Å².